The topological polar surface area (TPSA) is 122 Å². The third kappa shape index (κ3) is 7.76. The fourth-order valence-corrected chi connectivity index (χ4v) is 5.14. The zero-order chi connectivity index (χ0) is 28.5. The van der Waals surface area contributed by atoms with Crippen LogP contribution in [0.25, 0.3) is 11.2 Å². The van der Waals surface area contributed by atoms with Gasteiger partial charge in [0.2, 0.25) is 5.95 Å². The van der Waals surface area contributed by atoms with Crippen molar-refractivity contribution in [3.05, 3.63) is 108 Å². The molecule has 0 aliphatic carbocycles. The highest BCUT2D eigenvalue weighted by Gasteiger charge is 2.21. The lowest BCUT2D eigenvalue weighted by atomic mass is 10.1. The Morgan fingerprint density at radius 1 is 0.561 bits per heavy atom. The van der Waals surface area contributed by atoms with Crippen LogP contribution in [-0.2, 0) is 29.1 Å². The van der Waals surface area contributed by atoms with Crippen molar-refractivity contribution < 1.29 is 8.42 Å². The van der Waals surface area contributed by atoms with Crippen molar-refractivity contribution in [2.45, 2.75) is 24.3 Å². The molecule has 210 valence electrons. The molecule has 5 rings (SSSR count). The summed E-state index contributed by atoms with van der Waals surface area (Å²) in [6.45, 7) is 1.69. The lowest BCUT2D eigenvalue weighted by Crippen LogP contribution is -2.16. The van der Waals surface area contributed by atoms with E-state index in [-0.39, 0.29) is 10.8 Å². The van der Waals surface area contributed by atoms with Crippen LogP contribution in [0.1, 0.15) is 16.7 Å². The Labute approximate surface area is 240 Å². The average Bonchev–Trinajstić information content (AvgIpc) is 2.98. The summed E-state index contributed by atoms with van der Waals surface area (Å²) in [6.07, 6.45) is 3.39. The van der Waals surface area contributed by atoms with Gasteiger partial charge in [-0.3, -0.25) is 0 Å². The molecule has 3 aromatic carbocycles. The molecule has 0 saturated heterocycles. The predicted molar refractivity (Wildman–Crippen MR) is 164 cm³/mol. The fraction of sp³-hybridized carbons (Fsp3) is 0.226. The summed E-state index contributed by atoms with van der Waals surface area (Å²) in [7, 11) is -3.69. The van der Waals surface area contributed by atoms with Crippen LogP contribution in [-0.4, -0.2) is 54.2 Å². The Morgan fingerprint density at radius 3 is 1.51 bits per heavy atom. The maximum absolute atomic E-state index is 12.8. The van der Waals surface area contributed by atoms with Crippen molar-refractivity contribution in [3.63, 3.8) is 0 Å². The number of rotatable bonds is 13. The quantitative estimate of drug-likeness (QED) is 0.184. The molecule has 0 aliphatic rings. The minimum atomic E-state index is -3.69. The van der Waals surface area contributed by atoms with Crippen molar-refractivity contribution in [2.24, 2.45) is 0 Å². The van der Waals surface area contributed by atoms with Gasteiger partial charge in [-0.05, 0) is 36.0 Å². The van der Waals surface area contributed by atoms with Crippen LogP contribution < -0.4 is 16.0 Å². The number of sulfone groups is 1. The molecule has 0 fully saturated rings. The highest BCUT2D eigenvalue weighted by atomic mass is 32.2. The van der Waals surface area contributed by atoms with Crippen LogP contribution >= 0.6 is 0 Å². The smallest absolute Gasteiger partial charge is 0.226 e. The molecule has 10 heteroatoms. The maximum atomic E-state index is 12.8. The van der Waals surface area contributed by atoms with Crippen molar-refractivity contribution >= 4 is 38.6 Å². The zero-order valence-electron chi connectivity index (χ0n) is 22.9. The van der Waals surface area contributed by atoms with Crippen LogP contribution in [0.2, 0.25) is 0 Å². The number of hydrogen-bond donors (Lipinski definition) is 3. The first-order valence-corrected chi connectivity index (χ1v) is 15.5. The number of anilines is 3. The standard InChI is InChI=1S/C31H33N7O2S/c1-41(39,40)30-29(33-21-18-24-13-7-3-8-14-24)36-28-26(35-30)27(32-20-17-23-11-5-2-6-12-23)37-31(38-28)34-22-19-25-15-9-4-10-16-25/h2-16H,17-22H2,1H3,(H3,32,33,34,36,37,38). The van der Waals surface area contributed by atoms with E-state index in [0.717, 1.165) is 24.7 Å². The second-order valence-corrected chi connectivity index (χ2v) is 11.6. The van der Waals surface area contributed by atoms with Gasteiger partial charge in [-0.1, -0.05) is 91.0 Å². The minimum Gasteiger partial charge on any atom is -0.368 e. The van der Waals surface area contributed by atoms with E-state index < -0.39 is 9.84 Å². The van der Waals surface area contributed by atoms with Crippen LogP contribution in [0, 0.1) is 0 Å². The first-order valence-electron chi connectivity index (χ1n) is 13.6. The number of hydrogen-bond acceptors (Lipinski definition) is 9. The molecule has 2 heterocycles. The summed E-state index contributed by atoms with van der Waals surface area (Å²) in [4.78, 5) is 18.5. The molecule has 0 unspecified atom stereocenters. The second-order valence-electron chi connectivity index (χ2n) is 9.70. The van der Waals surface area contributed by atoms with E-state index in [0.29, 0.717) is 49.0 Å². The van der Waals surface area contributed by atoms with E-state index in [1.54, 1.807) is 0 Å². The summed E-state index contributed by atoms with van der Waals surface area (Å²) >= 11 is 0. The molecule has 0 radical (unpaired) electrons. The molecule has 5 aromatic rings. The van der Waals surface area contributed by atoms with Gasteiger partial charge in [0.15, 0.2) is 37.7 Å². The molecule has 0 bridgehead atoms. The van der Waals surface area contributed by atoms with E-state index in [1.165, 1.54) is 11.1 Å². The van der Waals surface area contributed by atoms with Gasteiger partial charge in [0.05, 0.1) is 0 Å². The maximum Gasteiger partial charge on any atom is 0.226 e. The van der Waals surface area contributed by atoms with E-state index in [4.69, 9.17) is 0 Å². The van der Waals surface area contributed by atoms with Gasteiger partial charge in [0, 0.05) is 25.9 Å². The van der Waals surface area contributed by atoms with Gasteiger partial charge < -0.3 is 16.0 Å². The Morgan fingerprint density at radius 2 is 1.02 bits per heavy atom. The Balaban J connectivity index is 1.43. The first kappa shape index (κ1) is 28.0. The number of nitrogens with one attached hydrogen (secondary N) is 3. The van der Waals surface area contributed by atoms with E-state index >= 15 is 0 Å². The van der Waals surface area contributed by atoms with E-state index in [9.17, 15) is 8.42 Å². The third-order valence-electron chi connectivity index (χ3n) is 6.49. The summed E-state index contributed by atoms with van der Waals surface area (Å²) in [5.74, 6) is 1.01. The molecule has 0 atom stereocenters. The number of fused-ring (bicyclic) bond motifs is 1. The zero-order valence-corrected chi connectivity index (χ0v) is 23.7. The normalized spacial score (nSPS) is 11.3. The van der Waals surface area contributed by atoms with Gasteiger partial charge in [0.25, 0.3) is 0 Å². The van der Waals surface area contributed by atoms with Gasteiger partial charge in [-0.25, -0.2) is 18.4 Å². The summed E-state index contributed by atoms with van der Waals surface area (Å²) in [6, 6.07) is 30.2. The average molecular weight is 568 g/mol. The second kappa shape index (κ2) is 13.2. The summed E-state index contributed by atoms with van der Waals surface area (Å²) in [5, 5.41) is 9.68. The molecule has 0 amide bonds. The summed E-state index contributed by atoms with van der Waals surface area (Å²) in [5.41, 5.74) is 4.11. The van der Waals surface area contributed by atoms with Crippen LogP contribution in [0.4, 0.5) is 17.6 Å². The van der Waals surface area contributed by atoms with Crippen LogP contribution in [0.5, 0.6) is 0 Å². The van der Waals surface area contributed by atoms with Gasteiger partial charge in [-0.15, -0.1) is 0 Å². The lowest BCUT2D eigenvalue weighted by Gasteiger charge is -2.14. The van der Waals surface area contributed by atoms with Crippen molar-refractivity contribution in [1.82, 2.24) is 19.9 Å². The van der Waals surface area contributed by atoms with Gasteiger partial charge >= 0.3 is 0 Å². The van der Waals surface area contributed by atoms with Crippen LogP contribution in [0.15, 0.2) is 96.0 Å². The third-order valence-corrected chi connectivity index (χ3v) is 7.48. The van der Waals surface area contributed by atoms with Gasteiger partial charge in [-0.2, -0.15) is 9.97 Å². The van der Waals surface area contributed by atoms with Crippen molar-refractivity contribution in [3.8, 4) is 0 Å². The van der Waals surface area contributed by atoms with E-state index in [2.05, 4.69) is 60.2 Å². The minimum absolute atomic E-state index is 0.127. The lowest BCUT2D eigenvalue weighted by molar-refractivity contribution is 0.598. The largest absolute Gasteiger partial charge is 0.368 e. The molecular formula is C31H33N7O2S. The molecule has 0 spiro atoms. The van der Waals surface area contributed by atoms with Crippen molar-refractivity contribution in [2.75, 3.05) is 41.8 Å². The Kier molecular flexibility index (Phi) is 9.00. The first-order chi connectivity index (χ1) is 20.0. The highest BCUT2D eigenvalue weighted by molar-refractivity contribution is 7.90. The highest BCUT2D eigenvalue weighted by Crippen LogP contribution is 2.25. The molecule has 41 heavy (non-hydrogen) atoms. The van der Waals surface area contributed by atoms with E-state index in [1.807, 2.05) is 66.7 Å². The number of aromatic nitrogens is 4. The van der Waals surface area contributed by atoms with Gasteiger partial charge in [0.1, 0.15) is 0 Å². The molecule has 9 nitrogen and oxygen atoms in total. The number of benzene rings is 3. The molecule has 3 N–H and O–H groups in total. The molecular weight excluding hydrogens is 534 g/mol. The van der Waals surface area contributed by atoms with Crippen molar-refractivity contribution in [1.29, 1.82) is 0 Å². The number of nitrogens with zero attached hydrogens (tertiary/aromatic N) is 4. The van der Waals surface area contributed by atoms with Crippen LogP contribution in [0.3, 0.4) is 0 Å². The molecule has 0 aliphatic heterocycles. The Hall–Kier alpha value is -4.57. The molecule has 0 saturated carbocycles. The SMILES string of the molecule is CS(=O)(=O)c1nc2c(NCCc3ccccc3)nc(NCCc3ccccc3)nc2nc1NCCc1ccccc1. The predicted octanol–water partition coefficient (Wildman–Crippen LogP) is 4.79. The molecule has 2 aromatic heterocycles. The Bertz CT molecular complexity index is 1680. The fourth-order valence-electron chi connectivity index (χ4n) is 4.41. The monoisotopic (exact) mass is 567 g/mol. The summed E-state index contributed by atoms with van der Waals surface area (Å²) < 4.78 is 25.5.